The van der Waals surface area contributed by atoms with Crippen molar-refractivity contribution < 1.29 is 13.6 Å². The topological polar surface area (TPSA) is 69.8 Å². The average molecular weight is 306 g/mol. The number of H-pyrrole nitrogens is 1. The van der Waals surface area contributed by atoms with E-state index in [-0.39, 0.29) is 18.6 Å². The molecule has 5 nitrogen and oxygen atoms in total. The molecule has 3 N–H and O–H groups in total. The zero-order chi connectivity index (χ0) is 15.5. The molecule has 0 radical (unpaired) electrons. The van der Waals surface area contributed by atoms with Crippen molar-refractivity contribution in [3.63, 3.8) is 0 Å². The average Bonchev–Trinajstić information content (AvgIpc) is 2.98. The van der Waals surface area contributed by atoms with E-state index in [2.05, 4.69) is 20.8 Å². The first-order valence-electron chi connectivity index (χ1n) is 7.14. The molecular weight excluding hydrogens is 290 g/mol. The van der Waals surface area contributed by atoms with Gasteiger partial charge in [0.15, 0.2) is 11.6 Å². The highest BCUT2D eigenvalue weighted by molar-refractivity contribution is 5.74. The number of carbonyl (C=O) groups is 1. The molecule has 7 heteroatoms. The van der Waals surface area contributed by atoms with Gasteiger partial charge in [0, 0.05) is 6.54 Å². The highest BCUT2D eigenvalue weighted by Gasteiger charge is 2.23. The molecule has 0 fully saturated rings. The summed E-state index contributed by atoms with van der Waals surface area (Å²) in [7, 11) is 0. The summed E-state index contributed by atoms with van der Waals surface area (Å²) in [5.74, 6) is -1.82. The number of hydrogen-bond donors (Lipinski definition) is 3. The molecule has 2 amide bonds. The van der Waals surface area contributed by atoms with Crippen LogP contribution in [0.3, 0.4) is 0 Å². The van der Waals surface area contributed by atoms with Gasteiger partial charge in [0.25, 0.3) is 0 Å². The number of aryl methyl sites for hydroxylation is 1. The number of rotatable bonds is 3. The molecule has 3 rings (SSSR count). The second-order valence-corrected chi connectivity index (χ2v) is 5.33. The van der Waals surface area contributed by atoms with Crippen LogP contribution in [0.5, 0.6) is 0 Å². The lowest BCUT2D eigenvalue weighted by atomic mass is 9.94. The highest BCUT2D eigenvalue weighted by Crippen LogP contribution is 2.27. The van der Waals surface area contributed by atoms with Gasteiger partial charge in [0.1, 0.15) is 0 Å². The summed E-state index contributed by atoms with van der Waals surface area (Å²) < 4.78 is 25.9. The van der Waals surface area contributed by atoms with Crippen LogP contribution in [0.15, 0.2) is 24.4 Å². The number of aromatic nitrogens is 2. The van der Waals surface area contributed by atoms with Crippen LogP contribution < -0.4 is 10.6 Å². The Hall–Kier alpha value is -2.44. The van der Waals surface area contributed by atoms with E-state index >= 15 is 0 Å². The van der Waals surface area contributed by atoms with Crippen LogP contribution in [0.4, 0.5) is 13.6 Å². The fraction of sp³-hybridized carbons (Fsp3) is 0.333. The van der Waals surface area contributed by atoms with Crippen molar-refractivity contribution in [2.75, 3.05) is 0 Å². The van der Waals surface area contributed by atoms with E-state index in [0.717, 1.165) is 42.7 Å². The van der Waals surface area contributed by atoms with Gasteiger partial charge in [0.05, 0.1) is 17.9 Å². The maximum absolute atomic E-state index is 13.1. The van der Waals surface area contributed by atoms with Crippen LogP contribution in [-0.2, 0) is 13.0 Å². The number of nitrogens with one attached hydrogen (secondary N) is 3. The van der Waals surface area contributed by atoms with Crippen molar-refractivity contribution in [3.8, 4) is 0 Å². The molecular formula is C15H16F2N4O. The molecule has 0 saturated heterocycles. The molecule has 1 aromatic heterocycles. The third-order valence-corrected chi connectivity index (χ3v) is 3.78. The molecule has 116 valence electrons. The molecule has 0 bridgehead atoms. The Balaban J connectivity index is 1.56. The maximum Gasteiger partial charge on any atom is 0.315 e. The summed E-state index contributed by atoms with van der Waals surface area (Å²) in [5, 5.41) is 12.4. The lowest BCUT2D eigenvalue weighted by molar-refractivity contribution is 0.235. The van der Waals surface area contributed by atoms with Gasteiger partial charge in [-0.15, -0.1) is 0 Å². The monoisotopic (exact) mass is 306 g/mol. The van der Waals surface area contributed by atoms with Crippen molar-refractivity contribution >= 4 is 6.03 Å². The predicted molar refractivity (Wildman–Crippen MR) is 76.0 cm³/mol. The van der Waals surface area contributed by atoms with Crippen molar-refractivity contribution in [2.45, 2.75) is 31.8 Å². The van der Waals surface area contributed by atoms with Crippen LogP contribution in [0.1, 0.15) is 35.7 Å². The number of urea groups is 1. The Bertz CT molecular complexity index is 686. The van der Waals surface area contributed by atoms with E-state index in [9.17, 15) is 13.6 Å². The van der Waals surface area contributed by atoms with Gasteiger partial charge in [-0.05, 0) is 42.5 Å². The lowest BCUT2D eigenvalue weighted by Crippen LogP contribution is -2.38. The lowest BCUT2D eigenvalue weighted by Gasteiger charge is -2.23. The van der Waals surface area contributed by atoms with E-state index in [1.165, 1.54) is 6.07 Å². The van der Waals surface area contributed by atoms with Crippen LogP contribution in [-0.4, -0.2) is 16.2 Å². The summed E-state index contributed by atoms with van der Waals surface area (Å²) >= 11 is 0. The number of benzene rings is 1. The zero-order valence-corrected chi connectivity index (χ0v) is 11.8. The van der Waals surface area contributed by atoms with Gasteiger partial charge in [-0.3, -0.25) is 5.10 Å². The Labute approximate surface area is 126 Å². The Morgan fingerprint density at radius 3 is 3.05 bits per heavy atom. The first-order chi connectivity index (χ1) is 10.6. The Morgan fingerprint density at radius 1 is 1.36 bits per heavy atom. The highest BCUT2D eigenvalue weighted by atomic mass is 19.2. The van der Waals surface area contributed by atoms with E-state index in [0.29, 0.717) is 5.56 Å². The minimum atomic E-state index is -0.922. The molecule has 2 aromatic rings. The first kappa shape index (κ1) is 14.5. The summed E-state index contributed by atoms with van der Waals surface area (Å²) in [6.45, 7) is 0.131. The molecule has 1 aliphatic rings. The summed E-state index contributed by atoms with van der Waals surface area (Å²) in [6, 6.07) is 3.10. The van der Waals surface area contributed by atoms with Gasteiger partial charge >= 0.3 is 6.03 Å². The smallest absolute Gasteiger partial charge is 0.315 e. The number of amides is 2. The number of nitrogens with zero attached hydrogens (tertiary/aromatic N) is 1. The van der Waals surface area contributed by atoms with Gasteiger partial charge in [0.2, 0.25) is 0 Å². The SMILES string of the molecule is O=C(NCc1ccc(F)c(F)c1)NC1CCCc2cn[nH]c21. The van der Waals surface area contributed by atoms with E-state index in [1.54, 1.807) is 6.20 Å². The number of aromatic amines is 1. The molecule has 22 heavy (non-hydrogen) atoms. The van der Waals surface area contributed by atoms with Gasteiger partial charge in [-0.25, -0.2) is 13.6 Å². The van der Waals surface area contributed by atoms with Crippen LogP contribution in [0.2, 0.25) is 0 Å². The first-order valence-corrected chi connectivity index (χ1v) is 7.14. The molecule has 1 heterocycles. The Morgan fingerprint density at radius 2 is 2.23 bits per heavy atom. The molecule has 0 saturated carbocycles. The standard InChI is InChI=1S/C15H16F2N4O/c16-11-5-4-9(6-12(11)17)7-18-15(22)20-13-3-1-2-10-8-19-21-14(10)13/h4-6,8,13H,1-3,7H2,(H,19,21)(H2,18,20,22). The predicted octanol–water partition coefficient (Wildman–Crippen LogP) is 2.56. The zero-order valence-electron chi connectivity index (χ0n) is 11.8. The van der Waals surface area contributed by atoms with E-state index in [1.807, 2.05) is 0 Å². The van der Waals surface area contributed by atoms with Crippen molar-refractivity contribution in [1.29, 1.82) is 0 Å². The van der Waals surface area contributed by atoms with Crippen LogP contribution in [0.25, 0.3) is 0 Å². The van der Waals surface area contributed by atoms with Crippen LogP contribution in [0, 0.1) is 11.6 Å². The fourth-order valence-electron chi connectivity index (χ4n) is 2.65. The summed E-state index contributed by atoms with van der Waals surface area (Å²) in [5.41, 5.74) is 2.56. The second kappa shape index (κ2) is 6.13. The van der Waals surface area contributed by atoms with Crippen LogP contribution >= 0.6 is 0 Å². The summed E-state index contributed by atoms with van der Waals surface area (Å²) in [4.78, 5) is 11.9. The third-order valence-electron chi connectivity index (χ3n) is 3.78. The van der Waals surface area contributed by atoms with E-state index < -0.39 is 11.6 Å². The number of fused-ring (bicyclic) bond motifs is 1. The normalized spacial score (nSPS) is 16.9. The van der Waals surface area contributed by atoms with Gasteiger partial charge in [-0.1, -0.05) is 6.07 Å². The van der Waals surface area contributed by atoms with Crippen molar-refractivity contribution in [1.82, 2.24) is 20.8 Å². The number of halogens is 2. The molecule has 1 aliphatic carbocycles. The minimum absolute atomic E-state index is 0.101. The molecule has 1 aromatic carbocycles. The molecule has 1 unspecified atom stereocenters. The molecule has 1 atom stereocenters. The second-order valence-electron chi connectivity index (χ2n) is 5.33. The van der Waals surface area contributed by atoms with Gasteiger partial charge < -0.3 is 10.6 Å². The van der Waals surface area contributed by atoms with E-state index in [4.69, 9.17) is 0 Å². The summed E-state index contributed by atoms with van der Waals surface area (Å²) in [6.07, 6.45) is 4.57. The number of hydrogen-bond acceptors (Lipinski definition) is 2. The van der Waals surface area contributed by atoms with Gasteiger partial charge in [-0.2, -0.15) is 5.10 Å². The maximum atomic E-state index is 13.1. The minimum Gasteiger partial charge on any atom is -0.334 e. The van der Waals surface area contributed by atoms with Crippen molar-refractivity contribution in [2.24, 2.45) is 0 Å². The quantitative estimate of drug-likeness (QED) is 0.815. The third kappa shape index (κ3) is 3.08. The molecule has 0 spiro atoms. The van der Waals surface area contributed by atoms with Crippen molar-refractivity contribution in [3.05, 3.63) is 52.9 Å². The Kier molecular flexibility index (Phi) is 4.04. The largest absolute Gasteiger partial charge is 0.334 e. The fourth-order valence-corrected chi connectivity index (χ4v) is 2.65. The number of carbonyl (C=O) groups excluding carboxylic acids is 1. The molecule has 0 aliphatic heterocycles.